The smallest absolute Gasteiger partial charge is 0.320 e. The third-order valence-corrected chi connectivity index (χ3v) is 2.99. The van der Waals surface area contributed by atoms with Crippen LogP contribution >= 0.6 is 0 Å². The summed E-state index contributed by atoms with van der Waals surface area (Å²) in [4.78, 5) is 14.9. The number of benzene rings is 2. The Balaban J connectivity index is 2.17. The number of aromatic hydroxyl groups is 1. The highest BCUT2D eigenvalue weighted by Gasteiger charge is 2.21. The maximum atomic E-state index is 11.3. The predicted molar refractivity (Wildman–Crippen MR) is 76.6 cm³/mol. The predicted octanol–water partition coefficient (Wildman–Crippen LogP) is 3.64. The van der Waals surface area contributed by atoms with Crippen LogP contribution in [0.15, 0.2) is 54.7 Å². The molecule has 6 heteroatoms. The number of phenolic OH excluding ortho intramolecular Hbond substituents is 1. The van der Waals surface area contributed by atoms with Crippen LogP contribution in [0.1, 0.15) is 0 Å². The molecule has 0 spiro atoms. The molecule has 1 aromatic heterocycles. The number of nitro groups is 1. The Bertz CT molecular complexity index is 833. The van der Waals surface area contributed by atoms with Crippen molar-refractivity contribution in [1.29, 1.82) is 0 Å². The highest BCUT2D eigenvalue weighted by molar-refractivity contribution is 5.91. The van der Waals surface area contributed by atoms with Crippen LogP contribution < -0.4 is 4.74 Å². The summed E-state index contributed by atoms with van der Waals surface area (Å²) in [6, 6.07) is 12.6. The molecule has 0 amide bonds. The van der Waals surface area contributed by atoms with Gasteiger partial charge in [0.15, 0.2) is 11.5 Å². The zero-order valence-corrected chi connectivity index (χ0v) is 10.8. The normalized spacial score (nSPS) is 10.5. The van der Waals surface area contributed by atoms with E-state index in [9.17, 15) is 15.2 Å². The first-order chi connectivity index (χ1) is 10.2. The Morgan fingerprint density at radius 3 is 2.62 bits per heavy atom. The number of fused-ring (bicyclic) bond motifs is 1. The summed E-state index contributed by atoms with van der Waals surface area (Å²) >= 11 is 0. The lowest BCUT2D eigenvalue weighted by atomic mass is 10.1. The van der Waals surface area contributed by atoms with Crippen LogP contribution in [0.4, 0.5) is 5.69 Å². The molecule has 21 heavy (non-hydrogen) atoms. The Morgan fingerprint density at radius 2 is 1.86 bits per heavy atom. The van der Waals surface area contributed by atoms with Crippen molar-refractivity contribution in [2.24, 2.45) is 0 Å². The van der Waals surface area contributed by atoms with E-state index < -0.39 is 4.92 Å². The number of hydrogen-bond acceptors (Lipinski definition) is 5. The lowest BCUT2D eigenvalue weighted by Gasteiger charge is -2.09. The summed E-state index contributed by atoms with van der Waals surface area (Å²) in [6.07, 6.45) is 1.57. The molecule has 0 saturated carbocycles. The molecule has 3 aromatic rings. The van der Waals surface area contributed by atoms with Gasteiger partial charge in [0.1, 0.15) is 0 Å². The van der Waals surface area contributed by atoms with Crippen molar-refractivity contribution in [3.63, 3.8) is 0 Å². The lowest BCUT2D eigenvalue weighted by molar-refractivity contribution is -0.383. The largest absolute Gasteiger partial charge is 0.504 e. The molecule has 3 rings (SSSR count). The summed E-state index contributed by atoms with van der Waals surface area (Å²) in [5, 5.41) is 21.4. The van der Waals surface area contributed by atoms with Gasteiger partial charge in [-0.3, -0.25) is 15.1 Å². The lowest BCUT2D eigenvalue weighted by Crippen LogP contribution is -1.95. The highest BCUT2D eigenvalue weighted by atomic mass is 16.6. The van der Waals surface area contributed by atoms with Crippen LogP contribution in [-0.2, 0) is 0 Å². The van der Waals surface area contributed by atoms with E-state index in [1.807, 2.05) is 0 Å². The summed E-state index contributed by atoms with van der Waals surface area (Å²) in [7, 11) is 0. The second kappa shape index (κ2) is 5.09. The summed E-state index contributed by atoms with van der Waals surface area (Å²) in [5.74, 6) is 0.129. The van der Waals surface area contributed by atoms with Crippen LogP contribution in [0.5, 0.6) is 17.2 Å². The first-order valence-corrected chi connectivity index (χ1v) is 6.15. The van der Waals surface area contributed by atoms with Gasteiger partial charge < -0.3 is 9.84 Å². The second-order valence-electron chi connectivity index (χ2n) is 4.31. The van der Waals surface area contributed by atoms with E-state index in [-0.39, 0.29) is 22.9 Å². The van der Waals surface area contributed by atoms with E-state index in [1.54, 1.807) is 36.5 Å². The first-order valence-electron chi connectivity index (χ1n) is 6.15. The Hall–Kier alpha value is -3.15. The van der Waals surface area contributed by atoms with E-state index in [1.165, 1.54) is 18.2 Å². The quantitative estimate of drug-likeness (QED) is 0.585. The van der Waals surface area contributed by atoms with Crippen LogP contribution in [0.25, 0.3) is 10.9 Å². The summed E-state index contributed by atoms with van der Waals surface area (Å²) in [5.41, 5.74) is 0.331. The van der Waals surface area contributed by atoms with Crippen LogP contribution in [0, 0.1) is 10.1 Å². The van der Waals surface area contributed by atoms with Crippen molar-refractivity contribution >= 4 is 16.6 Å². The molecule has 0 radical (unpaired) electrons. The third-order valence-electron chi connectivity index (χ3n) is 2.99. The molecule has 0 saturated heterocycles. The van der Waals surface area contributed by atoms with Gasteiger partial charge >= 0.3 is 5.69 Å². The van der Waals surface area contributed by atoms with Crippen molar-refractivity contribution in [3.05, 3.63) is 64.8 Å². The second-order valence-corrected chi connectivity index (χ2v) is 4.31. The monoisotopic (exact) mass is 282 g/mol. The van der Waals surface area contributed by atoms with Gasteiger partial charge in [0.2, 0.25) is 5.75 Å². The molecule has 2 aromatic carbocycles. The van der Waals surface area contributed by atoms with E-state index in [2.05, 4.69) is 4.98 Å². The van der Waals surface area contributed by atoms with Crippen molar-refractivity contribution < 1.29 is 14.8 Å². The van der Waals surface area contributed by atoms with E-state index in [4.69, 9.17) is 4.74 Å². The molecule has 6 nitrogen and oxygen atoms in total. The number of aromatic nitrogens is 1. The minimum atomic E-state index is -0.515. The molecule has 0 aliphatic rings. The fraction of sp³-hybridized carbons (Fsp3) is 0. The van der Waals surface area contributed by atoms with Crippen molar-refractivity contribution in [1.82, 2.24) is 4.98 Å². The Labute approximate surface area is 119 Å². The molecule has 1 N–H and O–H groups in total. The number of rotatable bonds is 3. The number of pyridine rings is 1. The molecule has 0 aliphatic carbocycles. The van der Waals surface area contributed by atoms with Gasteiger partial charge in [-0.25, -0.2) is 0 Å². The number of nitrogens with zero attached hydrogens (tertiary/aromatic N) is 2. The van der Waals surface area contributed by atoms with E-state index in [0.29, 0.717) is 10.9 Å². The van der Waals surface area contributed by atoms with Crippen LogP contribution in [-0.4, -0.2) is 15.0 Å². The van der Waals surface area contributed by atoms with Crippen molar-refractivity contribution in [3.8, 4) is 17.2 Å². The number of hydrogen-bond donors (Lipinski definition) is 1. The van der Waals surface area contributed by atoms with Gasteiger partial charge in [0.05, 0.1) is 15.8 Å². The standard InChI is InChI=1S/C15H10N2O4/c18-12-5-1-2-6-13(12)21-14-8-7-11-10(4-3-9-16-11)15(14)17(19)20/h1-9,18H. The average molecular weight is 282 g/mol. The van der Waals surface area contributed by atoms with Crippen LogP contribution in [0.3, 0.4) is 0 Å². The van der Waals surface area contributed by atoms with E-state index >= 15 is 0 Å². The van der Waals surface area contributed by atoms with E-state index in [0.717, 1.165) is 0 Å². The highest BCUT2D eigenvalue weighted by Crippen LogP contribution is 2.39. The molecule has 0 fully saturated rings. The summed E-state index contributed by atoms with van der Waals surface area (Å²) in [6.45, 7) is 0. The number of ether oxygens (including phenoxy) is 1. The maximum Gasteiger partial charge on any atom is 0.320 e. The van der Waals surface area contributed by atoms with Gasteiger partial charge in [0.25, 0.3) is 0 Å². The molecule has 0 aliphatic heterocycles. The van der Waals surface area contributed by atoms with Gasteiger partial charge in [-0.1, -0.05) is 12.1 Å². The molecule has 0 unspecified atom stereocenters. The SMILES string of the molecule is O=[N+]([O-])c1c(Oc2ccccc2O)ccc2ncccc12. The van der Waals surface area contributed by atoms with Crippen molar-refractivity contribution in [2.45, 2.75) is 0 Å². The zero-order valence-electron chi connectivity index (χ0n) is 10.8. The number of para-hydroxylation sites is 2. The molecular weight excluding hydrogens is 272 g/mol. The van der Waals surface area contributed by atoms with Crippen molar-refractivity contribution in [2.75, 3.05) is 0 Å². The minimum absolute atomic E-state index is 0.0574. The summed E-state index contributed by atoms with van der Waals surface area (Å²) < 4.78 is 5.49. The van der Waals surface area contributed by atoms with Gasteiger partial charge in [-0.2, -0.15) is 0 Å². The van der Waals surface area contributed by atoms with Gasteiger partial charge in [0, 0.05) is 6.20 Å². The molecule has 1 heterocycles. The van der Waals surface area contributed by atoms with Crippen LogP contribution in [0.2, 0.25) is 0 Å². The Morgan fingerprint density at radius 1 is 1.05 bits per heavy atom. The molecular formula is C15H10N2O4. The topological polar surface area (TPSA) is 85.5 Å². The minimum Gasteiger partial charge on any atom is -0.504 e. The Kier molecular flexibility index (Phi) is 3.12. The fourth-order valence-electron chi connectivity index (χ4n) is 2.05. The first kappa shape index (κ1) is 12.9. The zero-order chi connectivity index (χ0) is 14.8. The molecule has 0 atom stereocenters. The average Bonchev–Trinajstić information content (AvgIpc) is 2.49. The molecule has 104 valence electrons. The molecule has 0 bridgehead atoms. The maximum absolute atomic E-state index is 11.3. The number of phenols is 1. The third kappa shape index (κ3) is 2.34. The van der Waals surface area contributed by atoms with Gasteiger partial charge in [-0.15, -0.1) is 0 Å². The fourth-order valence-corrected chi connectivity index (χ4v) is 2.05. The van der Waals surface area contributed by atoms with Gasteiger partial charge in [-0.05, 0) is 36.4 Å². The number of nitro benzene ring substituents is 1.